The molecule has 1 saturated heterocycles. The van der Waals surface area contributed by atoms with E-state index in [0.717, 1.165) is 0 Å². The van der Waals surface area contributed by atoms with Crippen molar-refractivity contribution < 1.29 is 19.4 Å². The first-order valence-corrected chi connectivity index (χ1v) is 9.03. The normalized spacial score (nSPS) is 15.7. The van der Waals surface area contributed by atoms with Crippen LogP contribution < -0.4 is 14.4 Å². The van der Waals surface area contributed by atoms with Crippen LogP contribution >= 0.6 is 35.6 Å². The highest BCUT2D eigenvalue weighted by Gasteiger charge is 2.33. The molecule has 8 heteroatoms. The Bertz CT molecular complexity index is 929. The zero-order valence-electron chi connectivity index (χ0n) is 13.9. The molecular weight excluding hydrogens is 394 g/mol. The van der Waals surface area contributed by atoms with Crippen molar-refractivity contribution in [2.24, 2.45) is 0 Å². The number of nitrogens with zero attached hydrogens (tertiary/aromatic N) is 1. The first kappa shape index (κ1) is 18.6. The molecule has 1 aliphatic rings. The lowest BCUT2D eigenvalue weighted by atomic mass is 10.2. The van der Waals surface area contributed by atoms with Crippen molar-refractivity contribution in [3.63, 3.8) is 0 Å². The number of benzene rings is 2. The molecule has 3 rings (SSSR count). The number of amides is 1. The molecule has 0 atom stereocenters. The molecule has 1 amide bonds. The van der Waals surface area contributed by atoms with E-state index in [-0.39, 0.29) is 11.7 Å². The number of aromatic hydroxyl groups is 1. The number of carbonyl (C=O) groups is 1. The Balaban J connectivity index is 1.91. The van der Waals surface area contributed by atoms with Gasteiger partial charge < -0.3 is 14.6 Å². The topological polar surface area (TPSA) is 59.0 Å². The molecule has 0 aromatic heterocycles. The summed E-state index contributed by atoms with van der Waals surface area (Å²) in [5, 5.41) is 10.3. The largest absolute Gasteiger partial charge is 0.504 e. The SMILES string of the molecule is COc1ccc(C=C2SC(=S)N(c3ccc(OC)c(Cl)c3)C2=O)cc1O. The van der Waals surface area contributed by atoms with E-state index >= 15 is 0 Å². The molecule has 26 heavy (non-hydrogen) atoms. The van der Waals surface area contributed by atoms with E-state index < -0.39 is 0 Å². The quantitative estimate of drug-likeness (QED) is 0.596. The number of thiocarbonyl (C=S) groups is 1. The van der Waals surface area contributed by atoms with E-state index in [2.05, 4.69) is 0 Å². The molecule has 1 aliphatic heterocycles. The van der Waals surface area contributed by atoms with Gasteiger partial charge in [-0.3, -0.25) is 9.69 Å². The van der Waals surface area contributed by atoms with Crippen molar-refractivity contribution in [3.8, 4) is 17.2 Å². The van der Waals surface area contributed by atoms with E-state index in [1.165, 1.54) is 36.9 Å². The third-order valence-corrected chi connectivity index (χ3v) is 5.29. The number of hydrogen-bond acceptors (Lipinski definition) is 6. The van der Waals surface area contributed by atoms with Crippen LogP contribution in [-0.2, 0) is 4.79 Å². The predicted molar refractivity (Wildman–Crippen MR) is 108 cm³/mol. The monoisotopic (exact) mass is 407 g/mol. The zero-order chi connectivity index (χ0) is 18.8. The molecule has 0 bridgehead atoms. The zero-order valence-corrected chi connectivity index (χ0v) is 16.2. The Morgan fingerprint density at radius 1 is 1.15 bits per heavy atom. The van der Waals surface area contributed by atoms with Crippen molar-refractivity contribution in [3.05, 3.63) is 51.9 Å². The number of phenolic OH excluding ortho intramolecular Hbond substituents is 1. The molecule has 134 valence electrons. The third kappa shape index (κ3) is 3.51. The van der Waals surface area contributed by atoms with Crippen molar-refractivity contribution in [2.75, 3.05) is 19.1 Å². The van der Waals surface area contributed by atoms with Gasteiger partial charge in [0, 0.05) is 0 Å². The summed E-state index contributed by atoms with van der Waals surface area (Å²) in [7, 11) is 2.99. The van der Waals surface area contributed by atoms with Gasteiger partial charge in [-0.25, -0.2) is 0 Å². The lowest BCUT2D eigenvalue weighted by Gasteiger charge is -2.15. The van der Waals surface area contributed by atoms with E-state index in [1.807, 2.05) is 0 Å². The summed E-state index contributed by atoms with van der Waals surface area (Å²) in [5.41, 5.74) is 1.23. The van der Waals surface area contributed by atoms with Crippen molar-refractivity contribution >= 4 is 57.6 Å². The average molecular weight is 408 g/mol. The second-order valence-corrected chi connectivity index (χ2v) is 7.35. The van der Waals surface area contributed by atoms with Gasteiger partial charge in [-0.05, 0) is 42.0 Å². The van der Waals surface area contributed by atoms with Crippen LogP contribution in [0.2, 0.25) is 5.02 Å². The number of methoxy groups -OCH3 is 2. The van der Waals surface area contributed by atoms with Gasteiger partial charge in [-0.15, -0.1) is 0 Å². The Labute approximate surface area is 165 Å². The second kappa shape index (κ2) is 7.57. The minimum absolute atomic E-state index is 0.00124. The Morgan fingerprint density at radius 3 is 2.46 bits per heavy atom. The molecule has 1 fully saturated rings. The minimum Gasteiger partial charge on any atom is -0.504 e. The van der Waals surface area contributed by atoms with Gasteiger partial charge >= 0.3 is 0 Å². The highest BCUT2D eigenvalue weighted by Crippen LogP contribution is 2.39. The van der Waals surface area contributed by atoms with Crippen molar-refractivity contribution in [1.82, 2.24) is 0 Å². The number of ether oxygens (including phenoxy) is 2. The molecule has 0 radical (unpaired) electrons. The van der Waals surface area contributed by atoms with E-state index in [0.29, 0.717) is 37.0 Å². The summed E-state index contributed by atoms with van der Waals surface area (Å²) in [6, 6.07) is 9.93. The van der Waals surface area contributed by atoms with E-state index in [9.17, 15) is 9.90 Å². The lowest BCUT2D eigenvalue weighted by molar-refractivity contribution is -0.113. The van der Waals surface area contributed by atoms with Crippen LogP contribution in [0, 0.1) is 0 Å². The maximum atomic E-state index is 12.8. The van der Waals surface area contributed by atoms with Gasteiger partial charge in [0.25, 0.3) is 5.91 Å². The van der Waals surface area contributed by atoms with Crippen LogP contribution in [0.3, 0.4) is 0 Å². The van der Waals surface area contributed by atoms with Gasteiger partial charge in [-0.1, -0.05) is 41.6 Å². The van der Waals surface area contributed by atoms with Crippen molar-refractivity contribution in [2.45, 2.75) is 0 Å². The first-order chi connectivity index (χ1) is 12.4. The third-order valence-electron chi connectivity index (χ3n) is 3.69. The Morgan fingerprint density at radius 2 is 1.85 bits per heavy atom. The number of hydrogen-bond donors (Lipinski definition) is 1. The van der Waals surface area contributed by atoms with E-state index in [4.69, 9.17) is 33.3 Å². The number of anilines is 1. The number of carbonyl (C=O) groups excluding carboxylic acids is 1. The first-order valence-electron chi connectivity index (χ1n) is 7.43. The molecule has 0 aliphatic carbocycles. The number of thioether (sulfide) groups is 1. The van der Waals surface area contributed by atoms with E-state index in [1.54, 1.807) is 36.4 Å². The molecule has 1 N–H and O–H groups in total. The van der Waals surface area contributed by atoms with Gasteiger partial charge in [-0.2, -0.15) is 0 Å². The maximum Gasteiger partial charge on any atom is 0.270 e. The van der Waals surface area contributed by atoms with Crippen LogP contribution in [0.15, 0.2) is 41.3 Å². The van der Waals surface area contributed by atoms with Gasteiger partial charge in [0.05, 0.1) is 29.8 Å². The molecule has 1 heterocycles. The van der Waals surface area contributed by atoms with Gasteiger partial charge in [0.1, 0.15) is 5.75 Å². The van der Waals surface area contributed by atoms with Crippen LogP contribution in [0.25, 0.3) is 6.08 Å². The minimum atomic E-state index is -0.253. The molecular formula is C18H14ClNO4S2. The standard InChI is InChI=1S/C18H14ClNO4S2/c1-23-14-6-4-11(9-12(14)19)20-17(22)16(26-18(20)25)8-10-3-5-15(24-2)13(21)7-10/h3-9,21H,1-2H3. The number of halogens is 1. The second-order valence-electron chi connectivity index (χ2n) is 5.27. The Kier molecular flexibility index (Phi) is 5.41. The highest BCUT2D eigenvalue weighted by molar-refractivity contribution is 8.27. The number of phenols is 1. The summed E-state index contributed by atoms with van der Waals surface area (Å²) in [6.45, 7) is 0. The Hall–Kier alpha value is -2.22. The molecule has 2 aromatic carbocycles. The molecule has 0 spiro atoms. The maximum absolute atomic E-state index is 12.8. The fraction of sp³-hybridized carbons (Fsp3) is 0.111. The smallest absolute Gasteiger partial charge is 0.270 e. The lowest BCUT2D eigenvalue weighted by Crippen LogP contribution is -2.27. The highest BCUT2D eigenvalue weighted by atomic mass is 35.5. The van der Waals surface area contributed by atoms with Crippen molar-refractivity contribution in [1.29, 1.82) is 0 Å². The average Bonchev–Trinajstić information content (AvgIpc) is 2.88. The molecule has 0 unspecified atom stereocenters. The molecule has 2 aromatic rings. The summed E-state index contributed by atoms with van der Waals surface area (Å²) in [6.07, 6.45) is 1.67. The van der Waals surface area contributed by atoms with Crippen LogP contribution in [0.1, 0.15) is 5.56 Å². The summed E-state index contributed by atoms with van der Waals surface area (Å²) in [4.78, 5) is 14.6. The fourth-order valence-corrected chi connectivity index (χ4v) is 3.98. The predicted octanol–water partition coefficient (Wildman–Crippen LogP) is 4.47. The van der Waals surface area contributed by atoms with Gasteiger partial charge in [0.15, 0.2) is 15.8 Å². The van der Waals surface area contributed by atoms with Crippen LogP contribution in [0.4, 0.5) is 5.69 Å². The molecule has 5 nitrogen and oxygen atoms in total. The van der Waals surface area contributed by atoms with Crippen LogP contribution in [-0.4, -0.2) is 29.6 Å². The van der Waals surface area contributed by atoms with Gasteiger partial charge in [0.2, 0.25) is 0 Å². The fourth-order valence-electron chi connectivity index (χ4n) is 2.43. The molecule has 0 saturated carbocycles. The summed E-state index contributed by atoms with van der Waals surface area (Å²) < 4.78 is 10.5. The van der Waals surface area contributed by atoms with Crippen LogP contribution in [0.5, 0.6) is 17.2 Å². The summed E-state index contributed by atoms with van der Waals surface area (Å²) in [5.74, 6) is 0.628. The number of rotatable bonds is 4. The summed E-state index contributed by atoms with van der Waals surface area (Å²) >= 11 is 12.7.